The molecule has 1 amide bonds. The summed E-state index contributed by atoms with van der Waals surface area (Å²) in [6.45, 7) is 0.743. The lowest BCUT2D eigenvalue weighted by Gasteiger charge is -2.17. The third-order valence-corrected chi connectivity index (χ3v) is 2.99. The van der Waals surface area contributed by atoms with E-state index in [1.165, 1.54) is 0 Å². The molecule has 0 spiro atoms. The van der Waals surface area contributed by atoms with Crippen molar-refractivity contribution in [3.8, 4) is 0 Å². The second-order valence-electron chi connectivity index (χ2n) is 4.01. The molecule has 0 bridgehead atoms. The Hall–Kier alpha value is -1.35. The predicted octanol–water partition coefficient (Wildman–Crippen LogP) is 1.20. The molecule has 0 aromatic heterocycles. The molecule has 15 heavy (non-hydrogen) atoms. The lowest BCUT2D eigenvalue weighted by atomic mass is 9.94. The summed E-state index contributed by atoms with van der Waals surface area (Å²) in [6, 6.07) is 9.37. The summed E-state index contributed by atoms with van der Waals surface area (Å²) in [5.41, 5.74) is 0.825. The first-order valence-corrected chi connectivity index (χ1v) is 5.18. The van der Waals surface area contributed by atoms with Gasteiger partial charge in [0.2, 0.25) is 5.91 Å². The van der Waals surface area contributed by atoms with Crippen LogP contribution in [0.3, 0.4) is 0 Å². The number of likely N-dealkylation sites (tertiary alicyclic amines) is 1. The third kappa shape index (κ3) is 1.88. The Labute approximate surface area is 89.3 Å². The van der Waals surface area contributed by atoms with E-state index in [1.807, 2.05) is 30.3 Å². The fourth-order valence-electron chi connectivity index (χ4n) is 2.02. The van der Waals surface area contributed by atoms with Gasteiger partial charge in [0.05, 0.1) is 12.0 Å². The minimum Gasteiger partial charge on any atom is -0.388 e. The molecule has 0 radical (unpaired) electrons. The van der Waals surface area contributed by atoms with Crippen molar-refractivity contribution in [2.24, 2.45) is 5.92 Å². The molecule has 1 heterocycles. The highest BCUT2D eigenvalue weighted by Crippen LogP contribution is 2.30. The second kappa shape index (κ2) is 4.03. The number of nitrogens with zero attached hydrogens (tertiary/aromatic N) is 1. The molecule has 1 N–H and O–H groups in total. The van der Waals surface area contributed by atoms with Gasteiger partial charge in [-0.2, -0.15) is 0 Å². The molecule has 80 valence electrons. The summed E-state index contributed by atoms with van der Waals surface area (Å²) in [7, 11) is 1.78. The topological polar surface area (TPSA) is 40.5 Å². The molecule has 1 aromatic rings. The van der Waals surface area contributed by atoms with Crippen LogP contribution in [-0.2, 0) is 4.79 Å². The molecule has 3 heteroatoms. The Morgan fingerprint density at radius 3 is 2.60 bits per heavy atom. The maximum atomic E-state index is 11.7. The van der Waals surface area contributed by atoms with E-state index >= 15 is 0 Å². The average molecular weight is 205 g/mol. The van der Waals surface area contributed by atoms with Crippen molar-refractivity contribution >= 4 is 5.91 Å². The van der Waals surface area contributed by atoms with Crippen LogP contribution in [0.4, 0.5) is 0 Å². The number of carbonyl (C=O) groups excluding carboxylic acids is 1. The quantitative estimate of drug-likeness (QED) is 0.788. The van der Waals surface area contributed by atoms with Gasteiger partial charge in [-0.05, 0) is 12.0 Å². The van der Waals surface area contributed by atoms with Crippen molar-refractivity contribution in [2.75, 3.05) is 13.6 Å². The summed E-state index contributed by atoms with van der Waals surface area (Å²) < 4.78 is 0. The maximum absolute atomic E-state index is 11.7. The average Bonchev–Trinajstić information content (AvgIpc) is 2.60. The van der Waals surface area contributed by atoms with E-state index in [-0.39, 0.29) is 11.8 Å². The van der Waals surface area contributed by atoms with Crippen molar-refractivity contribution in [3.63, 3.8) is 0 Å². The van der Waals surface area contributed by atoms with E-state index in [1.54, 1.807) is 11.9 Å². The Morgan fingerprint density at radius 1 is 1.40 bits per heavy atom. The zero-order valence-corrected chi connectivity index (χ0v) is 8.76. The molecule has 2 rings (SSSR count). The molecule has 2 atom stereocenters. The van der Waals surface area contributed by atoms with Gasteiger partial charge in [0.25, 0.3) is 0 Å². The lowest BCUT2D eigenvalue weighted by Crippen LogP contribution is -2.26. The maximum Gasteiger partial charge on any atom is 0.228 e. The third-order valence-electron chi connectivity index (χ3n) is 2.99. The molecule has 3 nitrogen and oxygen atoms in total. The largest absolute Gasteiger partial charge is 0.388 e. The fraction of sp³-hybridized carbons (Fsp3) is 0.417. The Morgan fingerprint density at radius 2 is 2.07 bits per heavy atom. The normalized spacial score (nSPS) is 23.2. The first-order chi connectivity index (χ1) is 7.20. The van der Waals surface area contributed by atoms with Crippen LogP contribution in [0.15, 0.2) is 30.3 Å². The van der Waals surface area contributed by atoms with Crippen molar-refractivity contribution in [1.82, 2.24) is 4.90 Å². The first kappa shape index (κ1) is 10.2. The van der Waals surface area contributed by atoms with Crippen LogP contribution in [-0.4, -0.2) is 29.5 Å². The number of rotatable bonds is 2. The van der Waals surface area contributed by atoms with Gasteiger partial charge in [0, 0.05) is 13.6 Å². The van der Waals surface area contributed by atoms with Crippen molar-refractivity contribution in [3.05, 3.63) is 35.9 Å². The zero-order valence-electron chi connectivity index (χ0n) is 8.76. The van der Waals surface area contributed by atoms with E-state index in [0.717, 1.165) is 18.5 Å². The molecule has 0 saturated carbocycles. The highest BCUT2D eigenvalue weighted by molar-refractivity contribution is 5.81. The summed E-state index contributed by atoms with van der Waals surface area (Å²) in [6.07, 6.45) is 0.0782. The molecule has 0 unspecified atom stereocenters. The van der Waals surface area contributed by atoms with E-state index in [2.05, 4.69) is 0 Å². The first-order valence-electron chi connectivity index (χ1n) is 5.18. The molecule has 1 saturated heterocycles. The Balaban J connectivity index is 2.16. The van der Waals surface area contributed by atoms with Crippen LogP contribution in [0.2, 0.25) is 0 Å². The van der Waals surface area contributed by atoms with Gasteiger partial charge in [-0.15, -0.1) is 0 Å². The van der Waals surface area contributed by atoms with Crippen LogP contribution in [0.25, 0.3) is 0 Å². The summed E-state index contributed by atoms with van der Waals surface area (Å²) >= 11 is 0. The van der Waals surface area contributed by atoms with E-state index in [9.17, 15) is 9.90 Å². The minimum atomic E-state index is -0.663. The highest BCUT2D eigenvalue weighted by Gasteiger charge is 2.35. The summed E-state index contributed by atoms with van der Waals surface area (Å²) in [5, 5.41) is 10.1. The smallest absolute Gasteiger partial charge is 0.228 e. The van der Waals surface area contributed by atoms with Crippen molar-refractivity contribution in [1.29, 1.82) is 0 Å². The van der Waals surface area contributed by atoms with Crippen LogP contribution in [0.5, 0.6) is 0 Å². The number of hydrogen-bond acceptors (Lipinski definition) is 2. The zero-order chi connectivity index (χ0) is 10.8. The van der Waals surface area contributed by atoms with Gasteiger partial charge in [0.1, 0.15) is 0 Å². The highest BCUT2D eigenvalue weighted by atomic mass is 16.3. The fourth-order valence-corrected chi connectivity index (χ4v) is 2.02. The van der Waals surface area contributed by atoms with Gasteiger partial charge >= 0.3 is 0 Å². The van der Waals surface area contributed by atoms with E-state index in [0.29, 0.717) is 0 Å². The Bertz CT molecular complexity index is 350. The molecule has 1 fully saturated rings. The monoisotopic (exact) mass is 205 g/mol. The number of aliphatic hydroxyl groups is 1. The van der Waals surface area contributed by atoms with E-state index < -0.39 is 6.10 Å². The SMILES string of the molecule is CN1CC[C@@H]([C@H](O)c2ccccc2)C1=O. The van der Waals surface area contributed by atoms with Gasteiger partial charge in [-0.1, -0.05) is 30.3 Å². The Kier molecular flexibility index (Phi) is 2.73. The summed E-state index contributed by atoms with van der Waals surface area (Å²) in [5.74, 6) is -0.219. The number of benzene rings is 1. The van der Waals surface area contributed by atoms with Crippen LogP contribution >= 0.6 is 0 Å². The molecule has 1 aliphatic rings. The number of amides is 1. The predicted molar refractivity (Wildman–Crippen MR) is 57.1 cm³/mol. The minimum absolute atomic E-state index is 0.0475. The number of aliphatic hydroxyl groups excluding tert-OH is 1. The molecule has 1 aromatic carbocycles. The number of carbonyl (C=O) groups is 1. The molecule has 0 aliphatic carbocycles. The van der Waals surface area contributed by atoms with Gasteiger partial charge in [0.15, 0.2) is 0 Å². The van der Waals surface area contributed by atoms with Crippen molar-refractivity contribution in [2.45, 2.75) is 12.5 Å². The van der Waals surface area contributed by atoms with Crippen LogP contribution < -0.4 is 0 Å². The summed E-state index contributed by atoms with van der Waals surface area (Å²) in [4.78, 5) is 13.4. The molecular weight excluding hydrogens is 190 g/mol. The van der Waals surface area contributed by atoms with Gasteiger partial charge in [-0.25, -0.2) is 0 Å². The van der Waals surface area contributed by atoms with Crippen molar-refractivity contribution < 1.29 is 9.90 Å². The molecular formula is C12H15NO2. The van der Waals surface area contributed by atoms with E-state index in [4.69, 9.17) is 0 Å². The second-order valence-corrected chi connectivity index (χ2v) is 4.01. The van der Waals surface area contributed by atoms with Gasteiger partial charge < -0.3 is 10.0 Å². The van der Waals surface area contributed by atoms with Gasteiger partial charge in [-0.3, -0.25) is 4.79 Å². The van der Waals surface area contributed by atoms with Crippen LogP contribution in [0.1, 0.15) is 18.1 Å². The molecule has 1 aliphatic heterocycles. The lowest BCUT2D eigenvalue weighted by molar-refractivity contribution is -0.132. The van der Waals surface area contributed by atoms with Crippen LogP contribution in [0, 0.1) is 5.92 Å². The standard InChI is InChI=1S/C12H15NO2/c1-13-8-7-10(12(13)15)11(14)9-5-3-2-4-6-9/h2-6,10-11,14H,7-8H2,1H3/t10-,11+/m0/s1. The number of hydrogen-bond donors (Lipinski definition) is 1.